The van der Waals surface area contributed by atoms with E-state index in [0.717, 1.165) is 10.5 Å². The highest BCUT2D eigenvalue weighted by atomic mass is 35.5. The average molecular weight is 525 g/mol. The fraction of sp³-hybridized carbons (Fsp3) is 0.100. The first-order valence-corrected chi connectivity index (χ1v) is 12.4. The summed E-state index contributed by atoms with van der Waals surface area (Å²) in [6.45, 7) is 0. The van der Waals surface area contributed by atoms with Crippen LogP contribution in [0.25, 0.3) is 0 Å². The fourth-order valence-corrected chi connectivity index (χ4v) is 5.08. The lowest BCUT2D eigenvalue weighted by Crippen LogP contribution is -2.37. The number of esters is 1. The number of hydrogen-bond donors (Lipinski definition) is 0. The van der Waals surface area contributed by atoms with Crippen molar-refractivity contribution in [2.24, 2.45) is 5.92 Å². The van der Waals surface area contributed by atoms with Gasteiger partial charge >= 0.3 is 5.97 Å². The van der Waals surface area contributed by atoms with Gasteiger partial charge in [-0.05, 0) is 60.2 Å². The zero-order chi connectivity index (χ0) is 26.2. The number of hydroxylamine groups is 1. The molecule has 0 N–H and O–H groups in total. The normalized spacial score (nSPS) is 20.5. The number of ether oxygens (including phenoxy) is 1. The van der Waals surface area contributed by atoms with Gasteiger partial charge in [-0.15, -0.1) is 0 Å². The highest BCUT2D eigenvalue weighted by molar-refractivity contribution is 6.31. The summed E-state index contributed by atoms with van der Waals surface area (Å²) in [7, 11) is 0. The number of imide groups is 1. The van der Waals surface area contributed by atoms with Gasteiger partial charge in [0.1, 0.15) is 11.7 Å². The summed E-state index contributed by atoms with van der Waals surface area (Å²) in [6, 6.07) is 30.9. The second kappa shape index (κ2) is 9.78. The SMILES string of the molecule is O=C(Oc1ccc([C@H]2[C@@H]3C(=O)N(c4cccc(Cl)c4)C(=O)[C@H]3ON2c2ccccc2)cc1)c1ccccc1. The fourth-order valence-electron chi connectivity index (χ4n) is 4.90. The first-order chi connectivity index (χ1) is 18.5. The molecule has 8 heteroatoms. The number of fused-ring (bicyclic) bond motifs is 1. The summed E-state index contributed by atoms with van der Waals surface area (Å²) in [5.41, 5.74) is 2.28. The number of amides is 2. The van der Waals surface area contributed by atoms with Crippen LogP contribution in [0.4, 0.5) is 11.4 Å². The molecule has 0 bridgehead atoms. The third-order valence-electron chi connectivity index (χ3n) is 6.63. The zero-order valence-corrected chi connectivity index (χ0v) is 20.7. The molecular weight excluding hydrogens is 504 g/mol. The van der Waals surface area contributed by atoms with Crippen LogP contribution >= 0.6 is 11.6 Å². The molecule has 0 aromatic heterocycles. The number of para-hydroxylation sites is 1. The molecule has 0 spiro atoms. The van der Waals surface area contributed by atoms with Gasteiger partial charge in [-0.2, -0.15) is 0 Å². The number of halogens is 1. The van der Waals surface area contributed by atoms with Gasteiger partial charge in [-0.3, -0.25) is 14.4 Å². The maximum absolute atomic E-state index is 13.7. The summed E-state index contributed by atoms with van der Waals surface area (Å²) in [6.07, 6.45) is -0.998. The number of hydrogen-bond acceptors (Lipinski definition) is 6. The standard InChI is InChI=1S/C30H21ClN2O5/c31-21-10-7-13-23(18-21)32-28(34)25-26(33(38-27(25)29(32)35)22-11-5-2-6-12-22)19-14-16-24(17-15-19)37-30(36)20-8-3-1-4-9-20/h1-18,25-27H/t25-,26-,27-/m0/s1. The van der Waals surface area contributed by atoms with Crippen molar-refractivity contribution in [2.45, 2.75) is 12.1 Å². The van der Waals surface area contributed by atoms with Gasteiger partial charge in [0.05, 0.1) is 23.0 Å². The Labute approximate surface area is 223 Å². The first kappa shape index (κ1) is 23.9. The van der Waals surface area contributed by atoms with Gasteiger partial charge in [0.25, 0.3) is 5.91 Å². The zero-order valence-electron chi connectivity index (χ0n) is 19.9. The predicted molar refractivity (Wildman–Crippen MR) is 142 cm³/mol. The first-order valence-electron chi connectivity index (χ1n) is 12.0. The molecule has 4 aromatic carbocycles. The molecule has 2 fully saturated rings. The van der Waals surface area contributed by atoms with Crippen LogP contribution in [0.2, 0.25) is 5.02 Å². The van der Waals surface area contributed by atoms with Crippen molar-refractivity contribution < 1.29 is 24.0 Å². The number of benzene rings is 4. The van der Waals surface area contributed by atoms with Gasteiger partial charge in [0, 0.05) is 5.02 Å². The Morgan fingerprint density at radius 1 is 0.763 bits per heavy atom. The molecule has 2 aliphatic heterocycles. The largest absolute Gasteiger partial charge is 0.423 e. The Hall–Kier alpha value is -4.46. The van der Waals surface area contributed by atoms with Crippen LogP contribution in [0, 0.1) is 5.92 Å². The Morgan fingerprint density at radius 2 is 1.42 bits per heavy atom. The molecule has 2 saturated heterocycles. The lowest BCUT2D eigenvalue weighted by Gasteiger charge is -2.28. The second-order valence-electron chi connectivity index (χ2n) is 8.97. The Balaban J connectivity index is 1.33. The number of rotatable bonds is 5. The summed E-state index contributed by atoms with van der Waals surface area (Å²) in [5.74, 6) is -1.72. The molecule has 4 aromatic rings. The van der Waals surface area contributed by atoms with E-state index in [9.17, 15) is 14.4 Å². The number of anilines is 2. The smallest absolute Gasteiger partial charge is 0.343 e. The summed E-state index contributed by atoms with van der Waals surface area (Å²) in [4.78, 5) is 46.9. The maximum atomic E-state index is 13.7. The van der Waals surface area contributed by atoms with Crippen molar-refractivity contribution in [1.82, 2.24) is 0 Å². The lowest BCUT2D eigenvalue weighted by atomic mass is 9.90. The van der Waals surface area contributed by atoms with E-state index in [-0.39, 0.29) is 5.91 Å². The summed E-state index contributed by atoms with van der Waals surface area (Å²) < 4.78 is 5.51. The Kier molecular flexibility index (Phi) is 6.15. The van der Waals surface area contributed by atoms with Crippen molar-refractivity contribution in [2.75, 3.05) is 9.96 Å². The number of carbonyl (C=O) groups is 3. The van der Waals surface area contributed by atoms with E-state index in [4.69, 9.17) is 21.2 Å². The van der Waals surface area contributed by atoms with Crippen molar-refractivity contribution in [3.8, 4) is 5.75 Å². The molecule has 38 heavy (non-hydrogen) atoms. The van der Waals surface area contributed by atoms with E-state index >= 15 is 0 Å². The summed E-state index contributed by atoms with van der Waals surface area (Å²) >= 11 is 6.13. The van der Waals surface area contributed by atoms with Crippen LogP contribution < -0.4 is 14.7 Å². The molecule has 3 atom stereocenters. The number of carbonyl (C=O) groups excluding carboxylic acids is 3. The molecule has 2 amide bonds. The second-order valence-corrected chi connectivity index (χ2v) is 9.41. The quantitative estimate of drug-likeness (QED) is 0.192. The van der Waals surface area contributed by atoms with Crippen LogP contribution in [0.1, 0.15) is 22.0 Å². The molecule has 0 unspecified atom stereocenters. The Bertz CT molecular complexity index is 1510. The highest BCUT2D eigenvalue weighted by Gasteiger charge is 2.60. The molecule has 0 radical (unpaired) electrons. The minimum absolute atomic E-state index is 0.360. The lowest BCUT2D eigenvalue weighted by molar-refractivity contribution is -0.126. The van der Waals surface area contributed by atoms with Gasteiger partial charge in [-0.1, -0.05) is 66.2 Å². The van der Waals surface area contributed by atoms with Crippen molar-refractivity contribution in [1.29, 1.82) is 0 Å². The summed E-state index contributed by atoms with van der Waals surface area (Å²) in [5, 5.41) is 2.04. The van der Waals surface area contributed by atoms with E-state index in [1.165, 1.54) is 0 Å². The van der Waals surface area contributed by atoms with Crippen LogP contribution in [-0.4, -0.2) is 23.9 Å². The topological polar surface area (TPSA) is 76.2 Å². The van der Waals surface area contributed by atoms with Crippen molar-refractivity contribution in [3.05, 3.63) is 125 Å². The number of nitrogens with zero attached hydrogens (tertiary/aromatic N) is 2. The van der Waals surface area contributed by atoms with E-state index in [1.807, 2.05) is 36.4 Å². The van der Waals surface area contributed by atoms with Gasteiger partial charge in [0.2, 0.25) is 5.91 Å². The van der Waals surface area contributed by atoms with E-state index < -0.39 is 29.9 Å². The van der Waals surface area contributed by atoms with Crippen LogP contribution in [0.5, 0.6) is 5.75 Å². The minimum Gasteiger partial charge on any atom is -0.423 e. The van der Waals surface area contributed by atoms with E-state index in [0.29, 0.717) is 27.7 Å². The van der Waals surface area contributed by atoms with Gasteiger partial charge in [-0.25, -0.2) is 14.8 Å². The third-order valence-corrected chi connectivity index (χ3v) is 6.87. The Morgan fingerprint density at radius 3 is 2.11 bits per heavy atom. The maximum Gasteiger partial charge on any atom is 0.343 e. The third kappa shape index (κ3) is 4.22. The van der Waals surface area contributed by atoms with E-state index in [2.05, 4.69) is 0 Å². The molecule has 6 rings (SSSR count). The van der Waals surface area contributed by atoms with Gasteiger partial charge < -0.3 is 4.74 Å². The van der Waals surface area contributed by atoms with Crippen LogP contribution in [0.15, 0.2) is 109 Å². The average Bonchev–Trinajstić information content (AvgIpc) is 3.45. The van der Waals surface area contributed by atoms with Crippen molar-refractivity contribution in [3.63, 3.8) is 0 Å². The monoisotopic (exact) mass is 524 g/mol. The molecular formula is C30H21ClN2O5. The molecule has 0 aliphatic carbocycles. The van der Waals surface area contributed by atoms with Crippen LogP contribution in [0.3, 0.4) is 0 Å². The van der Waals surface area contributed by atoms with Crippen LogP contribution in [-0.2, 0) is 14.4 Å². The molecule has 188 valence electrons. The minimum atomic E-state index is -0.998. The molecule has 7 nitrogen and oxygen atoms in total. The van der Waals surface area contributed by atoms with Gasteiger partial charge in [0.15, 0.2) is 6.10 Å². The predicted octanol–water partition coefficient (Wildman–Crippen LogP) is 5.61. The molecule has 2 heterocycles. The highest BCUT2D eigenvalue weighted by Crippen LogP contribution is 2.47. The van der Waals surface area contributed by atoms with Crippen molar-refractivity contribution >= 4 is 40.8 Å². The van der Waals surface area contributed by atoms with E-state index in [1.54, 1.807) is 77.9 Å². The molecule has 2 aliphatic rings. The molecule has 0 saturated carbocycles.